The molecule has 1 heterocycles. The maximum Gasteiger partial charge on any atom is 0.410 e. The minimum absolute atomic E-state index is 0.00639. The quantitative estimate of drug-likeness (QED) is 0.349. The fourth-order valence-electron chi connectivity index (χ4n) is 4.39. The van der Waals surface area contributed by atoms with E-state index in [2.05, 4.69) is 26.0 Å². The van der Waals surface area contributed by atoms with Crippen molar-refractivity contribution in [1.82, 2.24) is 14.9 Å². The van der Waals surface area contributed by atoms with E-state index in [1.807, 2.05) is 30.3 Å². The molecule has 1 aliphatic rings. The highest BCUT2D eigenvalue weighted by atomic mass is 79.9. The summed E-state index contributed by atoms with van der Waals surface area (Å²) in [6.45, 7) is -0.578. The van der Waals surface area contributed by atoms with Gasteiger partial charge in [0.1, 0.15) is 12.4 Å². The normalized spacial score (nSPS) is 18.6. The van der Waals surface area contributed by atoms with E-state index in [-0.39, 0.29) is 30.4 Å². The highest BCUT2D eigenvalue weighted by molar-refractivity contribution is 9.10. The zero-order valence-electron chi connectivity index (χ0n) is 20.1. The average molecular weight is 602 g/mol. The van der Waals surface area contributed by atoms with Gasteiger partial charge < -0.3 is 20.1 Å². The number of nitrogens with one attached hydrogen (secondary N) is 2. The fraction of sp³-hybridized carbons (Fsp3) is 0.222. The third kappa shape index (κ3) is 6.35. The Morgan fingerprint density at radius 3 is 2.45 bits per heavy atom. The Bertz CT molecular complexity index is 1300. The Labute approximate surface area is 231 Å². The molecular weight excluding hydrogens is 577 g/mol. The fourth-order valence-corrected chi connectivity index (χ4v) is 5.24. The van der Waals surface area contributed by atoms with Crippen molar-refractivity contribution in [2.45, 2.75) is 12.1 Å². The molecular formula is C27H25BrFN3O5S. The van der Waals surface area contributed by atoms with Crippen molar-refractivity contribution < 1.29 is 28.6 Å². The Kier molecular flexibility index (Phi) is 9.03. The number of carbonyl (C=O) groups is 3. The summed E-state index contributed by atoms with van der Waals surface area (Å²) >= 11 is 3.91. The van der Waals surface area contributed by atoms with Crippen molar-refractivity contribution in [2.75, 3.05) is 19.7 Å². The number of likely N-dealkylation sites (tertiary alicyclic amines) is 1. The summed E-state index contributed by atoms with van der Waals surface area (Å²) in [4.78, 5) is 39.7. The Morgan fingerprint density at radius 1 is 1.08 bits per heavy atom. The van der Waals surface area contributed by atoms with E-state index in [1.54, 1.807) is 30.3 Å². The molecule has 0 spiro atoms. The average Bonchev–Trinajstić information content (AvgIpc) is 3.31. The molecule has 3 aromatic rings. The van der Waals surface area contributed by atoms with Gasteiger partial charge in [-0.15, -0.1) is 0 Å². The molecule has 11 heteroatoms. The number of aliphatic hydroxyl groups excluding tert-OH is 1. The van der Waals surface area contributed by atoms with Crippen LogP contribution in [0, 0.1) is 11.7 Å². The van der Waals surface area contributed by atoms with Gasteiger partial charge in [-0.2, -0.15) is 0 Å². The van der Waals surface area contributed by atoms with Gasteiger partial charge in [0, 0.05) is 40.0 Å². The van der Waals surface area contributed by atoms with Gasteiger partial charge in [0.05, 0.1) is 18.7 Å². The summed E-state index contributed by atoms with van der Waals surface area (Å²) in [5, 5.41) is 12.6. The molecule has 1 aliphatic heterocycles. The summed E-state index contributed by atoms with van der Waals surface area (Å²) in [6, 6.07) is 21.0. The molecule has 198 valence electrons. The summed E-state index contributed by atoms with van der Waals surface area (Å²) in [5.41, 5.74) is -0.235. The molecule has 0 radical (unpaired) electrons. The van der Waals surface area contributed by atoms with Crippen molar-refractivity contribution in [2.24, 2.45) is 5.92 Å². The van der Waals surface area contributed by atoms with Gasteiger partial charge in [-0.1, -0.05) is 76.6 Å². The molecule has 0 aromatic heterocycles. The molecule has 0 bridgehead atoms. The lowest BCUT2D eigenvalue weighted by atomic mass is 9.80. The van der Waals surface area contributed by atoms with E-state index in [9.17, 15) is 19.5 Å². The SMILES string of the molecule is O=C(NSC(=O)c1ccccc1)NC1(c2cc(Br)ccc2F)CN(C(=O)OCc2ccccc2)CC1CO. The number of amides is 3. The van der Waals surface area contributed by atoms with Gasteiger partial charge in [0.15, 0.2) is 0 Å². The number of ether oxygens (including phenoxy) is 1. The third-order valence-corrected chi connectivity index (χ3v) is 7.46. The van der Waals surface area contributed by atoms with Crippen molar-refractivity contribution in [3.8, 4) is 0 Å². The van der Waals surface area contributed by atoms with Crippen LogP contribution in [0.5, 0.6) is 0 Å². The lowest BCUT2D eigenvalue weighted by Crippen LogP contribution is -2.55. The molecule has 4 rings (SSSR count). The van der Waals surface area contributed by atoms with Crippen LogP contribution in [0.15, 0.2) is 83.3 Å². The first-order valence-electron chi connectivity index (χ1n) is 11.7. The molecule has 8 nitrogen and oxygen atoms in total. The zero-order valence-corrected chi connectivity index (χ0v) is 22.5. The number of urea groups is 1. The predicted octanol–water partition coefficient (Wildman–Crippen LogP) is 4.83. The Balaban J connectivity index is 1.55. The van der Waals surface area contributed by atoms with Gasteiger partial charge in [-0.05, 0) is 23.8 Å². The number of hydrogen-bond donors (Lipinski definition) is 3. The summed E-state index contributed by atoms with van der Waals surface area (Å²) in [7, 11) is 0. The third-order valence-electron chi connectivity index (χ3n) is 6.25. The van der Waals surface area contributed by atoms with E-state index in [0.29, 0.717) is 22.0 Å². The van der Waals surface area contributed by atoms with E-state index in [4.69, 9.17) is 4.74 Å². The highest BCUT2D eigenvalue weighted by Gasteiger charge is 2.52. The number of halogens is 2. The van der Waals surface area contributed by atoms with Crippen LogP contribution in [0.4, 0.5) is 14.0 Å². The number of benzene rings is 3. The molecule has 3 N–H and O–H groups in total. The summed E-state index contributed by atoms with van der Waals surface area (Å²) in [5.74, 6) is -1.39. The standard InChI is InChI=1S/C27H25BrFN3O5S/c28-21-11-12-23(29)22(13-21)27(30-25(35)31-38-24(34)19-9-5-2-6-10-19)17-32(14-20(27)15-33)26(36)37-16-18-7-3-1-4-8-18/h1-13,20,33H,14-17H2,(H2,30,31,35). The number of nitrogens with zero attached hydrogens (tertiary/aromatic N) is 1. The lowest BCUT2D eigenvalue weighted by Gasteiger charge is -2.35. The molecule has 0 saturated carbocycles. The van der Waals surface area contributed by atoms with Crippen LogP contribution in [-0.4, -0.2) is 46.9 Å². The van der Waals surface area contributed by atoms with Crippen LogP contribution in [-0.2, 0) is 16.9 Å². The highest BCUT2D eigenvalue weighted by Crippen LogP contribution is 2.39. The maximum absolute atomic E-state index is 15.2. The lowest BCUT2D eigenvalue weighted by molar-refractivity contribution is 0.101. The second-order valence-electron chi connectivity index (χ2n) is 8.71. The topological polar surface area (TPSA) is 108 Å². The van der Waals surface area contributed by atoms with E-state index < -0.39 is 36.0 Å². The molecule has 2 unspecified atom stereocenters. The van der Waals surface area contributed by atoms with Crippen LogP contribution in [0.1, 0.15) is 21.5 Å². The van der Waals surface area contributed by atoms with Crippen molar-refractivity contribution in [3.05, 3.63) is 106 Å². The monoisotopic (exact) mass is 601 g/mol. The molecule has 3 amide bonds. The minimum Gasteiger partial charge on any atom is -0.445 e. The first kappa shape index (κ1) is 27.6. The number of rotatable bonds is 6. The molecule has 2 atom stereocenters. The number of hydrogen-bond acceptors (Lipinski definition) is 6. The molecule has 38 heavy (non-hydrogen) atoms. The van der Waals surface area contributed by atoms with Crippen molar-refractivity contribution in [1.29, 1.82) is 0 Å². The number of aliphatic hydroxyl groups is 1. The van der Waals surface area contributed by atoms with E-state index >= 15 is 4.39 Å². The second-order valence-corrected chi connectivity index (χ2v) is 10.4. The van der Waals surface area contributed by atoms with Gasteiger partial charge in [-0.25, -0.2) is 14.0 Å². The van der Waals surface area contributed by atoms with Crippen LogP contribution >= 0.6 is 27.9 Å². The zero-order chi connectivity index (χ0) is 27.1. The second kappa shape index (κ2) is 12.4. The van der Waals surface area contributed by atoms with Crippen molar-refractivity contribution >= 4 is 45.1 Å². The van der Waals surface area contributed by atoms with E-state index in [1.165, 1.54) is 23.1 Å². The summed E-state index contributed by atoms with van der Waals surface area (Å²) in [6.07, 6.45) is -0.666. The molecule has 3 aromatic carbocycles. The predicted molar refractivity (Wildman–Crippen MR) is 145 cm³/mol. The molecule has 1 fully saturated rings. The van der Waals surface area contributed by atoms with Crippen LogP contribution in [0.2, 0.25) is 0 Å². The van der Waals surface area contributed by atoms with Gasteiger partial charge in [0.2, 0.25) is 5.12 Å². The minimum atomic E-state index is -1.51. The Hall–Kier alpha value is -3.41. The number of carbonyl (C=O) groups excluding carboxylic acids is 3. The first-order valence-corrected chi connectivity index (χ1v) is 13.3. The summed E-state index contributed by atoms with van der Waals surface area (Å²) < 4.78 is 23.6. The van der Waals surface area contributed by atoms with Crippen molar-refractivity contribution in [3.63, 3.8) is 0 Å². The first-order chi connectivity index (χ1) is 18.3. The molecule has 1 saturated heterocycles. The van der Waals surface area contributed by atoms with Crippen LogP contribution in [0.3, 0.4) is 0 Å². The molecule has 0 aliphatic carbocycles. The van der Waals surface area contributed by atoms with Gasteiger partial charge in [-0.3, -0.25) is 9.52 Å². The van der Waals surface area contributed by atoms with Crippen LogP contribution in [0.25, 0.3) is 0 Å². The van der Waals surface area contributed by atoms with E-state index in [0.717, 1.165) is 5.56 Å². The smallest absolute Gasteiger partial charge is 0.410 e. The largest absolute Gasteiger partial charge is 0.445 e. The van der Waals surface area contributed by atoms with Crippen LogP contribution < -0.4 is 10.0 Å². The van der Waals surface area contributed by atoms with Gasteiger partial charge in [0.25, 0.3) is 0 Å². The Morgan fingerprint density at radius 2 is 1.76 bits per heavy atom. The maximum atomic E-state index is 15.2. The van der Waals surface area contributed by atoms with Gasteiger partial charge >= 0.3 is 12.1 Å².